The number of hydrogen-bond acceptors (Lipinski definition) is 3. The summed E-state index contributed by atoms with van der Waals surface area (Å²) in [6, 6.07) is 25.1. The Bertz CT molecular complexity index is 956. The van der Waals surface area contributed by atoms with Crippen molar-refractivity contribution in [2.75, 3.05) is 17.6 Å². The van der Waals surface area contributed by atoms with E-state index in [9.17, 15) is 9.59 Å². The predicted octanol–water partition coefficient (Wildman–Crippen LogP) is 4.70. The molecule has 0 radical (unpaired) electrons. The molecule has 0 aromatic heterocycles. The normalized spacial score (nSPS) is 10.4. The number of rotatable bonds is 8. The quantitative estimate of drug-likeness (QED) is 0.535. The molecule has 148 valence electrons. The molecule has 0 saturated heterocycles. The lowest BCUT2D eigenvalue weighted by atomic mass is 10.1. The monoisotopic (exact) mass is 404 g/mol. The first-order valence-corrected chi connectivity index (χ1v) is 10.5. The van der Waals surface area contributed by atoms with Crippen LogP contribution in [0.3, 0.4) is 0 Å². The van der Waals surface area contributed by atoms with Gasteiger partial charge in [-0.25, -0.2) is 0 Å². The third-order valence-corrected chi connectivity index (χ3v) is 5.44. The molecule has 0 saturated carbocycles. The van der Waals surface area contributed by atoms with Crippen molar-refractivity contribution in [2.24, 2.45) is 0 Å². The van der Waals surface area contributed by atoms with Gasteiger partial charge in [-0.05, 0) is 43.2 Å². The minimum Gasteiger partial charge on any atom is -0.352 e. The van der Waals surface area contributed by atoms with Crippen molar-refractivity contribution in [1.82, 2.24) is 5.32 Å². The Morgan fingerprint density at radius 3 is 2.31 bits per heavy atom. The molecule has 0 atom stereocenters. The molecule has 3 aromatic rings. The number of anilines is 1. The number of benzene rings is 3. The first-order chi connectivity index (χ1) is 14.1. The summed E-state index contributed by atoms with van der Waals surface area (Å²) in [6.45, 7) is 2.57. The summed E-state index contributed by atoms with van der Waals surface area (Å²) in [5.41, 5.74) is 3.69. The summed E-state index contributed by atoms with van der Waals surface area (Å²) in [5.74, 6) is 0.0171. The Morgan fingerprint density at radius 2 is 1.55 bits per heavy atom. The molecule has 0 bridgehead atoms. The zero-order valence-corrected chi connectivity index (χ0v) is 17.2. The summed E-state index contributed by atoms with van der Waals surface area (Å²) in [4.78, 5) is 25.6. The molecule has 0 aliphatic heterocycles. The summed E-state index contributed by atoms with van der Waals surface area (Å²) < 4.78 is 0. The van der Waals surface area contributed by atoms with Gasteiger partial charge in [0.2, 0.25) is 5.91 Å². The number of nitrogens with one attached hydrogen (secondary N) is 2. The van der Waals surface area contributed by atoms with Crippen molar-refractivity contribution in [2.45, 2.75) is 18.2 Å². The molecule has 5 heteroatoms. The Morgan fingerprint density at radius 1 is 0.862 bits per heavy atom. The number of thioether (sulfide) groups is 1. The maximum absolute atomic E-state index is 12.6. The van der Waals surface area contributed by atoms with Crippen LogP contribution >= 0.6 is 11.8 Å². The largest absolute Gasteiger partial charge is 0.352 e. The van der Waals surface area contributed by atoms with Crippen LogP contribution in [0.25, 0.3) is 0 Å². The Kier molecular flexibility index (Phi) is 7.47. The van der Waals surface area contributed by atoms with Gasteiger partial charge in [0, 0.05) is 17.1 Å². The van der Waals surface area contributed by atoms with Crippen LogP contribution in [0.2, 0.25) is 0 Å². The fourth-order valence-corrected chi connectivity index (χ4v) is 3.67. The van der Waals surface area contributed by atoms with Crippen LogP contribution in [0, 0.1) is 6.92 Å². The Labute approximate surface area is 175 Å². The smallest absolute Gasteiger partial charge is 0.252 e. The number of amides is 2. The predicted molar refractivity (Wildman–Crippen MR) is 119 cm³/mol. The number of hydrogen-bond donors (Lipinski definition) is 2. The molecular weight excluding hydrogens is 380 g/mol. The van der Waals surface area contributed by atoms with E-state index in [0.29, 0.717) is 12.1 Å². The molecule has 3 rings (SSSR count). The second-order valence-electron chi connectivity index (χ2n) is 6.69. The van der Waals surface area contributed by atoms with Crippen LogP contribution in [0.15, 0.2) is 83.8 Å². The second-order valence-corrected chi connectivity index (χ2v) is 7.71. The van der Waals surface area contributed by atoms with Gasteiger partial charge in [0.1, 0.15) is 0 Å². The summed E-state index contributed by atoms with van der Waals surface area (Å²) in [5, 5.41) is 5.85. The SMILES string of the molecule is Cc1ccc(NC(=O)CSc2ccccc2C(=O)NCCc2ccccc2)cc1. The lowest BCUT2D eigenvalue weighted by Crippen LogP contribution is -2.26. The first-order valence-electron chi connectivity index (χ1n) is 9.52. The molecule has 0 spiro atoms. The van der Waals surface area contributed by atoms with Gasteiger partial charge < -0.3 is 10.6 Å². The van der Waals surface area contributed by atoms with Gasteiger partial charge in [-0.1, -0.05) is 60.2 Å². The van der Waals surface area contributed by atoms with E-state index >= 15 is 0 Å². The van der Waals surface area contributed by atoms with Gasteiger partial charge in [0.15, 0.2) is 0 Å². The molecule has 0 aliphatic carbocycles. The molecule has 0 heterocycles. The molecule has 2 amide bonds. The van der Waals surface area contributed by atoms with E-state index in [-0.39, 0.29) is 17.6 Å². The van der Waals surface area contributed by atoms with Crippen molar-refractivity contribution >= 4 is 29.3 Å². The highest BCUT2D eigenvalue weighted by Crippen LogP contribution is 2.23. The second kappa shape index (κ2) is 10.5. The minimum absolute atomic E-state index is 0.0989. The van der Waals surface area contributed by atoms with Crippen molar-refractivity contribution < 1.29 is 9.59 Å². The van der Waals surface area contributed by atoms with Gasteiger partial charge >= 0.3 is 0 Å². The topological polar surface area (TPSA) is 58.2 Å². The average molecular weight is 405 g/mol. The molecule has 0 unspecified atom stereocenters. The highest BCUT2D eigenvalue weighted by atomic mass is 32.2. The first kappa shape index (κ1) is 20.7. The van der Waals surface area contributed by atoms with Crippen molar-refractivity contribution in [1.29, 1.82) is 0 Å². The lowest BCUT2D eigenvalue weighted by Gasteiger charge is -2.10. The molecule has 0 aliphatic rings. The average Bonchev–Trinajstić information content (AvgIpc) is 2.75. The van der Waals surface area contributed by atoms with Crippen molar-refractivity contribution in [3.05, 3.63) is 95.6 Å². The number of carbonyl (C=O) groups excluding carboxylic acids is 2. The van der Waals surface area contributed by atoms with Crippen LogP contribution in [0.5, 0.6) is 0 Å². The highest BCUT2D eigenvalue weighted by molar-refractivity contribution is 8.00. The van der Waals surface area contributed by atoms with E-state index in [2.05, 4.69) is 10.6 Å². The molecule has 4 nitrogen and oxygen atoms in total. The van der Waals surface area contributed by atoms with Crippen LogP contribution in [0.4, 0.5) is 5.69 Å². The number of carbonyl (C=O) groups is 2. The molecule has 0 fully saturated rings. The van der Waals surface area contributed by atoms with Crippen LogP contribution < -0.4 is 10.6 Å². The van der Waals surface area contributed by atoms with Crippen LogP contribution in [0.1, 0.15) is 21.5 Å². The van der Waals surface area contributed by atoms with Crippen LogP contribution in [-0.4, -0.2) is 24.1 Å². The van der Waals surface area contributed by atoms with Gasteiger partial charge in [-0.3, -0.25) is 9.59 Å². The van der Waals surface area contributed by atoms with E-state index in [1.165, 1.54) is 17.3 Å². The fraction of sp³-hybridized carbons (Fsp3) is 0.167. The minimum atomic E-state index is -0.122. The lowest BCUT2D eigenvalue weighted by molar-refractivity contribution is -0.113. The van der Waals surface area contributed by atoms with E-state index in [4.69, 9.17) is 0 Å². The van der Waals surface area contributed by atoms with Crippen LogP contribution in [-0.2, 0) is 11.2 Å². The van der Waals surface area contributed by atoms with E-state index < -0.39 is 0 Å². The standard InChI is InChI=1S/C24H24N2O2S/c1-18-11-13-20(14-12-18)26-23(27)17-29-22-10-6-5-9-21(22)24(28)25-16-15-19-7-3-2-4-8-19/h2-14H,15-17H2,1H3,(H,25,28)(H,26,27). The third-order valence-electron chi connectivity index (χ3n) is 4.37. The van der Waals surface area contributed by atoms with Crippen molar-refractivity contribution in [3.63, 3.8) is 0 Å². The Hall–Kier alpha value is -3.05. The highest BCUT2D eigenvalue weighted by Gasteiger charge is 2.12. The number of aryl methyl sites for hydroxylation is 1. The van der Waals surface area contributed by atoms with Gasteiger partial charge in [0.05, 0.1) is 11.3 Å². The van der Waals surface area contributed by atoms with Gasteiger partial charge in [0.25, 0.3) is 5.91 Å². The van der Waals surface area contributed by atoms with E-state index in [1.54, 1.807) is 6.07 Å². The third kappa shape index (κ3) is 6.50. The molecular formula is C24H24N2O2S. The summed E-state index contributed by atoms with van der Waals surface area (Å²) in [6.07, 6.45) is 0.779. The summed E-state index contributed by atoms with van der Waals surface area (Å²) >= 11 is 1.36. The maximum atomic E-state index is 12.6. The zero-order chi connectivity index (χ0) is 20.5. The maximum Gasteiger partial charge on any atom is 0.252 e. The molecule has 29 heavy (non-hydrogen) atoms. The Balaban J connectivity index is 1.53. The molecule has 3 aromatic carbocycles. The molecule has 2 N–H and O–H groups in total. The summed E-state index contributed by atoms with van der Waals surface area (Å²) in [7, 11) is 0. The zero-order valence-electron chi connectivity index (χ0n) is 16.4. The van der Waals surface area contributed by atoms with Gasteiger partial charge in [-0.2, -0.15) is 0 Å². The fourth-order valence-electron chi connectivity index (χ4n) is 2.82. The van der Waals surface area contributed by atoms with Crippen molar-refractivity contribution in [3.8, 4) is 0 Å². The van der Waals surface area contributed by atoms with E-state index in [1.807, 2.05) is 79.7 Å². The van der Waals surface area contributed by atoms with Gasteiger partial charge in [-0.15, -0.1) is 11.8 Å². The van der Waals surface area contributed by atoms with E-state index in [0.717, 1.165) is 22.6 Å².